The number of carbonyl (C=O) groups is 1. The van der Waals surface area contributed by atoms with Gasteiger partial charge in [-0.05, 0) is 38.1 Å². The molecule has 2 heterocycles. The van der Waals surface area contributed by atoms with Gasteiger partial charge in [0.1, 0.15) is 0 Å². The summed E-state index contributed by atoms with van der Waals surface area (Å²) >= 11 is 1.39. The molecule has 3 aromatic rings. The Bertz CT molecular complexity index is 835. The number of para-hydroxylation sites is 1. The van der Waals surface area contributed by atoms with E-state index in [4.69, 9.17) is 0 Å². The lowest BCUT2D eigenvalue weighted by Crippen LogP contribution is -2.22. The summed E-state index contributed by atoms with van der Waals surface area (Å²) in [5.41, 5.74) is 1.69. The number of nitrogens with one attached hydrogen (secondary N) is 1. The van der Waals surface area contributed by atoms with Crippen LogP contribution in [0, 0.1) is 0 Å². The van der Waals surface area contributed by atoms with E-state index >= 15 is 0 Å². The lowest BCUT2D eigenvalue weighted by atomic mass is 10.3. The molecule has 0 fully saturated rings. The monoisotopic (exact) mass is 353 g/mol. The second-order valence-electron chi connectivity index (χ2n) is 5.41. The quantitative estimate of drug-likeness (QED) is 0.687. The van der Waals surface area contributed by atoms with Gasteiger partial charge in [-0.3, -0.25) is 9.78 Å². The van der Waals surface area contributed by atoms with Crippen molar-refractivity contribution in [2.75, 3.05) is 5.32 Å². The van der Waals surface area contributed by atoms with Crippen LogP contribution in [0.3, 0.4) is 0 Å². The number of carbonyl (C=O) groups excluding carboxylic acids is 1. The minimum absolute atomic E-state index is 0.0650. The Morgan fingerprint density at radius 1 is 1.20 bits per heavy atom. The van der Waals surface area contributed by atoms with E-state index in [0.29, 0.717) is 6.54 Å². The molecule has 1 amide bonds. The number of anilines is 1. The topological polar surface area (TPSA) is 72.7 Å². The largest absolute Gasteiger partial charge is 0.325 e. The Morgan fingerprint density at radius 2 is 2.00 bits per heavy atom. The van der Waals surface area contributed by atoms with E-state index in [1.54, 1.807) is 12.4 Å². The first kappa shape index (κ1) is 17.2. The van der Waals surface area contributed by atoms with E-state index in [1.807, 2.05) is 60.9 Å². The summed E-state index contributed by atoms with van der Waals surface area (Å²) in [4.78, 5) is 16.5. The average Bonchev–Trinajstić information content (AvgIpc) is 3.05. The summed E-state index contributed by atoms with van der Waals surface area (Å²) < 4.78 is 1.99. The lowest BCUT2D eigenvalue weighted by molar-refractivity contribution is -0.115. The van der Waals surface area contributed by atoms with Crippen LogP contribution < -0.4 is 5.32 Å². The summed E-state index contributed by atoms with van der Waals surface area (Å²) in [5, 5.41) is 11.9. The van der Waals surface area contributed by atoms with Crippen molar-refractivity contribution in [3.05, 3.63) is 54.9 Å². The number of thioether (sulfide) groups is 1. The van der Waals surface area contributed by atoms with Crippen LogP contribution in [0.15, 0.2) is 60.0 Å². The number of aromatic nitrogens is 4. The van der Waals surface area contributed by atoms with Gasteiger partial charge in [0, 0.05) is 30.2 Å². The van der Waals surface area contributed by atoms with Crippen LogP contribution in [-0.2, 0) is 11.3 Å². The zero-order valence-electron chi connectivity index (χ0n) is 14.1. The van der Waals surface area contributed by atoms with E-state index in [-0.39, 0.29) is 11.2 Å². The summed E-state index contributed by atoms with van der Waals surface area (Å²) in [7, 11) is 0. The average molecular weight is 353 g/mol. The predicted octanol–water partition coefficient (Wildman–Crippen LogP) is 3.48. The van der Waals surface area contributed by atoms with Crippen molar-refractivity contribution in [1.82, 2.24) is 19.7 Å². The number of hydrogen-bond donors (Lipinski definition) is 1. The molecule has 0 saturated heterocycles. The molecule has 2 aromatic heterocycles. The van der Waals surface area contributed by atoms with Crippen molar-refractivity contribution >= 4 is 23.4 Å². The van der Waals surface area contributed by atoms with Crippen molar-refractivity contribution in [3.63, 3.8) is 0 Å². The highest BCUT2D eigenvalue weighted by Crippen LogP contribution is 2.27. The van der Waals surface area contributed by atoms with Crippen molar-refractivity contribution < 1.29 is 4.79 Å². The minimum atomic E-state index is -0.295. The van der Waals surface area contributed by atoms with Crippen LogP contribution in [0.1, 0.15) is 13.8 Å². The Hall–Kier alpha value is -2.67. The molecular weight excluding hydrogens is 334 g/mol. The van der Waals surface area contributed by atoms with Gasteiger partial charge in [-0.25, -0.2) is 0 Å². The maximum atomic E-state index is 12.4. The lowest BCUT2D eigenvalue weighted by Gasteiger charge is -2.12. The highest BCUT2D eigenvalue weighted by atomic mass is 32.2. The highest BCUT2D eigenvalue weighted by molar-refractivity contribution is 8.00. The van der Waals surface area contributed by atoms with Crippen LogP contribution in [0.4, 0.5) is 5.69 Å². The number of pyridine rings is 1. The van der Waals surface area contributed by atoms with Gasteiger partial charge in [-0.15, -0.1) is 10.2 Å². The molecule has 0 aliphatic carbocycles. The molecule has 1 N–H and O–H groups in total. The molecular formula is C18H19N5OS. The molecule has 128 valence electrons. The number of amides is 1. The van der Waals surface area contributed by atoms with Crippen LogP contribution >= 0.6 is 11.8 Å². The second-order valence-corrected chi connectivity index (χ2v) is 6.72. The molecule has 0 aliphatic heterocycles. The Labute approximate surface area is 150 Å². The first-order valence-electron chi connectivity index (χ1n) is 8.05. The van der Waals surface area contributed by atoms with Crippen molar-refractivity contribution in [2.24, 2.45) is 0 Å². The fraction of sp³-hybridized carbons (Fsp3) is 0.222. The first-order valence-corrected chi connectivity index (χ1v) is 8.93. The highest BCUT2D eigenvalue weighted by Gasteiger charge is 2.20. The van der Waals surface area contributed by atoms with E-state index < -0.39 is 0 Å². The van der Waals surface area contributed by atoms with Crippen molar-refractivity contribution in [1.29, 1.82) is 0 Å². The number of rotatable bonds is 6. The summed E-state index contributed by atoms with van der Waals surface area (Å²) in [6.45, 7) is 4.61. The van der Waals surface area contributed by atoms with Crippen LogP contribution in [0.5, 0.6) is 0 Å². The summed E-state index contributed by atoms with van der Waals surface area (Å²) in [6, 6.07) is 13.2. The van der Waals surface area contributed by atoms with Crippen LogP contribution in [0.25, 0.3) is 11.4 Å². The Kier molecular flexibility index (Phi) is 5.45. The fourth-order valence-corrected chi connectivity index (χ4v) is 3.26. The van der Waals surface area contributed by atoms with Crippen LogP contribution in [-0.4, -0.2) is 30.9 Å². The number of hydrogen-bond acceptors (Lipinski definition) is 5. The molecule has 6 nitrogen and oxygen atoms in total. The Morgan fingerprint density at radius 3 is 2.68 bits per heavy atom. The predicted molar refractivity (Wildman–Crippen MR) is 99.3 cm³/mol. The third-order valence-corrected chi connectivity index (χ3v) is 4.73. The molecule has 3 rings (SSSR count). The van der Waals surface area contributed by atoms with Gasteiger partial charge in [0.25, 0.3) is 0 Å². The van der Waals surface area contributed by atoms with Crippen molar-refractivity contribution in [2.45, 2.75) is 30.8 Å². The molecule has 0 unspecified atom stereocenters. The molecule has 0 spiro atoms. The smallest absolute Gasteiger partial charge is 0.237 e. The third kappa shape index (κ3) is 4.06. The maximum absolute atomic E-state index is 12.4. The molecule has 0 bridgehead atoms. The first-order chi connectivity index (χ1) is 12.2. The second kappa shape index (κ2) is 7.94. The van der Waals surface area contributed by atoms with Gasteiger partial charge >= 0.3 is 0 Å². The van der Waals surface area contributed by atoms with E-state index in [1.165, 1.54) is 11.8 Å². The normalized spacial score (nSPS) is 11.9. The molecule has 0 saturated carbocycles. The molecule has 7 heteroatoms. The summed E-state index contributed by atoms with van der Waals surface area (Å²) in [5.74, 6) is 0.693. The molecule has 1 atom stereocenters. The van der Waals surface area contributed by atoms with E-state index in [2.05, 4.69) is 20.5 Å². The Balaban J connectivity index is 1.74. The van der Waals surface area contributed by atoms with Crippen LogP contribution in [0.2, 0.25) is 0 Å². The zero-order valence-corrected chi connectivity index (χ0v) is 14.9. The standard InChI is InChI=1S/C18H19N5OS/c1-3-23-16(14-8-7-11-19-12-14)21-22-18(23)25-13(2)17(24)20-15-9-5-4-6-10-15/h4-13H,3H2,1-2H3,(H,20,24)/t13-/m0/s1. The molecule has 25 heavy (non-hydrogen) atoms. The van der Waals surface area contributed by atoms with Gasteiger partial charge in [-0.1, -0.05) is 30.0 Å². The SMILES string of the molecule is CCn1c(S[C@@H](C)C(=O)Nc2ccccc2)nnc1-c1cccnc1. The number of benzene rings is 1. The van der Waals surface area contributed by atoms with Gasteiger partial charge in [0.05, 0.1) is 5.25 Å². The molecule has 1 aromatic carbocycles. The van der Waals surface area contributed by atoms with E-state index in [0.717, 1.165) is 22.2 Å². The van der Waals surface area contributed by atoms with Gasteiger partial charge in [-0.2, -0.15) is 0 Å². The minimum Gasteiger partial charge on any atom is -0.325 e. The number of nitrogens with zero attached hydrogens (tertiary/aromatic N) is 4. The zero-order chi connectivity index (χ0) is 17.6. The fourth-order valence-electron chi connectivity index (χ4n) is 2.35. The summed E-state index contributed by atoms with van der Waals surface area (Å²) in [6.07, 6.45) is 3.48. The van der Waals surface area contributed by atoms with Gasteiger partial charge in [0.2, 0.25) is 5.91 Å². The van der Waals surface area contributed by atoms with E-state index in [9.17, 15) is 4.79 Å². The molecule has 0 radical (unpaired) electrons. The van der Waals surface area contributed by atoms with Gasteiger partial charge < -0.3 is 9.88 Å². The van der Waals surface area contributed by atoms with Crippen molar-refractivity contribution in [3.8, 4) is 11.4 Å². The van der Waals surface area contributed by atoms with Gasteiger partial charge in [0.15, 0.2) is 11.0 Å². The molecule has 0 aliphatic rings. The third-order valence-electron chi connectivity index (χ3n) is 3.65. The maximum Gasteiger partial charge on any atom is 0.237 e.